The lowest BCUT2D eigenvalue weighted by atomic mass is 10.4. The number of carbonyl (C=O) groups is 1. The Kier molecular flexibility index (Phi) is 6.02. The number of hydrogen-bond donors (Lipinski definition) is 1. The van der Waals surface area contributed by atoms with Crippen molar-refractivity contribution < 1.29 is 17.8 Å². The molecule has 1 aromatic carbocycles. The Hall–Kier alpha value is -1.11. The fourth-order valence-electron chi connectivity index (χ4n) is 0.607. The zero-order valence-electron chi connectivity index (χ0n) is 8.79. The van der Waals surface area contributed by atoms with Gasteiger partial charge >= 0.3 is 0 Å². The van der Waals surface area contributed by atoms with Gasteiger partial charge in [-0.05, 0) is 24.3 Å². The Labute approximate surface area is 99.4 Å². The van der Waals surface area contributed by atoms with E-state index >= 15 is 0 Å². The van der Waals surface area contributed by atoms with Crippen molar-refractivity contribution in [2.24, 2.45) is 0 Å². The molecule has 0 aliphatic heterocycles. The fraction of sp³-hybridized carbons (Fsp3) is 0.222. The fourth-order valence-corrected chi connectivity index (χ4v) is 1.21. The molecule has 0 aliphatic rings. The Balaban J connectivity index is 0.000000385. The molecule has 7 heteroatoms. The topological polar surface area (TPSA) is 74.7 Å². The van der Waals surface area contributed by atoms with Gasteiger partial charge in [-0.3, -0.25) is 9.35 Å². The van der Waals surface area contributed by atoms with Gasteiger partial charge in [0.15, 0.2) is 0 Å². The van der Waals surface area contributed by atoms with Gasteiger partial charge in [0, 0.05) is 19.1 Å². The van der Waals surface area contributed by atoms with E-state index in [0.29, 0.717) is 5.02 Å². The highest BCUT2D eigenvalue weighted by Gasteiger charge is 2.07. The molecule has 0 fully saturated rings. The highest BCUT2D eigenvalue weighted by Crippen LogP contribution is 2.12. The largest absolute Gasteiger partial charge is 0.351 e. The van der Waals surface area contributed by atoms with E-state index in [1.807, 2.05) is 0 Å². The zero-order valence-corrected chi connectivity index (χ0v) is 10.4. The van der Waals surface area contributed by atoms with Crippen molar-refractivity contribution in [2.75, 3.05) is 14.1 Å². The van der Waals surface area contributed by atoms with Gasteiger partial charge in [-0.15, -0.1) is 0 Å². The molecule has 0 saturated heterocycles. The smallest absolute Gasteiger partial charge is 0.294 e. The molecule has 1 aromatic rings. The van der Waals surface area contributed by atoms with Gasteiger partial charge in [0.1, 0.15) is 0 Å². The molecule has 0 spiro atoms. The van der Waals surface area contributed by atoms with Crippen LogP contribution in [0.15, 0.2) is 29.2 Å². The molecule has 0 atom stereocenters. The van der Waals surface area contributed by atoms with Crippen LogP contribution in [0.3, 0.4) is 0 Å². The minimum absolute atomic E-state index is 0.151. The quantitative estimate of drug-likeness (QED) is 0.646. The van der Waals surface area contributed by atoms with Gasteiger partial charge < -0.3 is 4.90 Å². The monoisotopic (exact) mass is 265 g/mol. The molecule has 0 aliphatic carbocycles. The maximum Gasteiger partial charge on any atom is 0.294 e. The van der Waals surface area contributed by atoms with Crippen LogP contribution in [-0.2, 0) is 14.9 Å². The van der Waals surface area contributed by atoms with E-state index in [2.05, 4.69) is 0 Å². The molecule has 0 saturated carbocycles. The second-order valence-corrected chi connectivity index (χ2v) is 4.86. The minimum Gasteiger partial charge on any atom is -0.351 e. The van der Waals surface area contributed by atoms with Crippen molar-refractivity contribution >= 4 is 28.1 Å². The Morgan fingerprint density at radius 1 is 1.25 bits per heavy atom. The van der Waals surface area contributed by atoms with Crippen LogP contribution >= 0.6 is 11.6 Å². The first kappa shape index (κ1) is 14.9. The predicted octanol–water partition coefficient (Wildman–Crippen LogP) is 1.29. The molecular weight excluding hydrogens is 254 g/mol. The highest BCUT2D eigenvalue weighted by atomic mass is 35.5. The molecule has 0 unspecified atom stereocenters. The number of carbonyl (C=O) groups excluding carboxylic acids is 1. The van der Waals surface area contributed by atoms with Crippen LogP contribution in [0.25, 0.3) is 0 Å². The van der Waals surface area contributed by atoms with Crippen LogP contribution in [0, 0.1) is 0 Å². The summed E-state index contributed by atoms with van der Waals surface area (Å²) in [5, 5.41) is 0.428. The Morgan fingerprint density at radius 3 is 1.88 bits per heavy atom. The summed E-state index contributed by atoms with van der Waals surface area (Å²) in [6.07, 6.45) is 0.750. The number of hydrogen-bond acceptors (Lipinski definition) is 3. The third kappa shape index (κ3) is 6.39. The number of rotatable bonds is 2. The van der Waals surface area contributed by atoms with Gasteiger partial charge in [0.2, 0.25) is 6.41 Å². The summed E-state index contributed by atoms with van der Waals surface area (Å²) in [5.41, 5.74) is 0. The van der Waals surface area contributed by atoms with E-state index in [4.69, 9.17) is 16.2 Å². The molecule has 0 aromatic heterocycles. The summed E-state index contributed by atoms with van der Waals surface area (Å²) < 4.78 is 29.4. The van der Waals surface area contributed by atoms with E-state index in [0.717, 1.165) is 6.41 Å². The molecule has 1 rings (SSSR count). The van der Waals surface area contributed by atoms with Crippen molar-refractivity contribution in [3.63, 3.8) is 0 Å². The first-order chi connectivity index (χ1) is 7.27. The average molecular weight is 266 g/mol. The number of amides is 1. The summed E-state index contributed by atoms with van der Waals surface area (Å²) in [4.78, 5) is 10.7. The Bertz CT molecular complexity index is 427. The summed E-state index contributed by atoms with van der Waals surface area (Å²) >= 11 is 5.49. The van der Waals surface area contributed by atoms with Crippen LogP contribution in [-0.4, -0.2) is 38.4 Å². The molecule has 0 bridgehead atoms. The summed E-state index contributed by atoms with van der Waals surface area (Å²) in [6, 6.07) is 5.25. The molecular formula is C9H12ClNO4S. The SMILES string of the molecule is CN(C)C=O.O=S(=O)(O)c1ccc(Cl)cc1. The molecule has 16 heavy (non-hydrogen) atoms. The molecule has 5 nitrogen and oxygen atoms in total. The van der Waals surface area contributed by atoms with E-state index in [1.54, 1.807) is 14.1 Å². The maximum atomic E-state index is 10.5. The molecule has 1 amide bonds. The van der Waals surface area contributed by atoms with E-state index < -0.39 is 10.1 Å². The number of benzene rings is 1. The standard InChI is InChI=1S/C6H5ClO3S.C3H7NO/c7-5-1-3-6(4-2-5)11(8,9)10;1-4(2)3-5/h1-4H,(H,8,9,10);3H,1-2H3. The first-order valence-electron chi connectivity index (χ1n) is 4.12. The van der Waals surface area contributed by atoms with Crippen molar-refractivity contribution in [1.82, 2.24) is 4.90 Å². The third-order valence-electron chi connectivity index (χ3n) is 1.32. The highest BCUT2D eigenvalue weighted by molar-refractivity contribution is 7.85. The van der Waals surface area contributed by atoms with E-state index in [-0.39, 0.29) is 4.90 Å². The second-order valence-electron chi connectivity index (χ2n) is 3.00. The van der Waals surface area contributed by atoms with Gasteiger partial charge in [0.05, 0.1) is 4.90 Å². The molecule has 1 N–H and O–H groups in total. The lowest BCUT2D eigenvalue weighted by Gasteiger charge is -1.94. The van der Waals surface area contributed by atoms with Crippen LogP contribution in [0.1, 0.15) is 0 Å². The van der Waals surface area contributed by atoms with Crippen molar-refractivity contribution in [2.45, 2.75) is 4.90 Å². The number of nitrogens with zero attached hydrogens (tertiary/aromatic N) is 1. The van der Waals surface area contributed by atoms with Gasteiger partial charge in [0.25, 0.3) is 10.1 Å². The lowest BCUT2D eigenvalue weighted by molar-refractivity contribution is -0.115. The normalized spacial score (nSPS) is 10.0. The summed E-state index contributed by atoms with van der Waals surface area (Å²) in [5.74, 6) is 0. The van der Waals surface area contributed by atoms with Crippen molar-refractivity contribution in [1.29, 1.82) is 0 Å². The van der Waals surface area contributed by atoms with Crippen LogP contribution < -0.4 is 0 Å². The van der Waals surface area contributed by atoms with Crippen molar-refractivity contribution in [3.05, 3.63) is 29.3 Å². The van der Waals surface area contributed by atoms with Crippen molar-refractivity contribution in [3.8, 4) is 0 Å². The van der Waals surface area contributed by atoms with E-state index in [1.165, 1.54) is 29.2 Å². The first-order valence-corrected chi connectivity index (χ1v) is 5.94. The Morgan fingerprint density at radius 2 is 1.62 bits per heavy atom. The van der Waals surface area contributed by atoms with Gasteiger partial charge in [-0.1, -0.05) is 11.6 Å². The maximum absolute atomic E-state index is 10.5. The summed E-state index contributed by atoms with van der Waals surface area (Å²) in [7, 11) is -0.703. The van der Waals surface area contributed by atoms with Crippen LogP contribution in [0.5, 0.6) is 0 Å². The van der Waals surface area contributed by atoms with Gasteiger partial charge in [-0.25, -0.2) is 0 Å². The average Bonchev–Trinajstić information content (AvgIpc) is 2.18. The van der Waals surface area contributed by atoms with Crippen LogP contribution in [0.4, 0.5) is 0 Å². The summed E-state index contributed by atoms with van der Waals surface area (Å²) in [6.45, 7) is 0. The lowest BCUT2D eigenvalue weighted by Crippen LogP contribution is -2.06. The van der Waals surface area contributed by atoms with Crippen LogP contribution in [0.2, 0.25) is 5.02 Å². The second kappa shape index (κ2) is 6.47. The number of halogens is 1. The minimum atomic E-state index is -4.08. The van der Waals surface area contributed by atoms with Gasteiger partial charge in [-0.2, -0.15) is 8.42 Å². The zero-order chi connectivity index (χ0) is 12.8. The third-order valence-corrected chi connectivity index (χ3v) is 2.44. The molecule has 0 radical (unpaired) electrons. The van der Waals surface area contributed by atoms with E-state index in [9.17, 15) is 13.2 Å². The molecule has 0 heterocycles. The predicted molar refractivity (Wildman–Crippen MR) is 61.0 cm³/mol. The molecule has 90 valence electrons.